The van der Waals surface area contributed by atoms with Gasteiger partial charge in [-0.1, -0.05) is 48.5 Å². The SMILES string of the molecule is N#CC1(C(O)Cc2ccccc2)CCOc2ccccc21. The van der Waals surface area contributed by atoms with Gasteiger partial charge in [0.2, 0.25) is 0 Å². The Kier molecular flexibility index (Phi) is 3.64. The highest BCUT2D eigenvalue weighted by atomic mass is 16.5. The van der Waals surface area contributed by atoms with Crippen molar-refractivity contribution in [3.8, 4) is 11.8 Å². The summed E-state index contributed by atoms with van der Waals surface area (Å²) in [7, 11) is 0. The van der Waals surface area contributed by atoms with Crippen LogP contribution in [-0.2, 0) is 11.8 Å². The minimum absolute atomic E-state index is 0.455. The molecule has 0 bridgehead atoms. The zero-order chi connectivity index (χ0) is 14.7. The molecule has 1 aliphatic rings. The standard InChI is InChI=1S/C18H17NO2/c19-13-18(17(20)12-14-6-2-1-3-7-14)10-11-21-16-9-5-4-8-15(16)18/h1-9,17,20H,10-12H2. The summed E-state index contributed by atoms with van der Waals surface area (Å²) >= 11 is 0. The summed E-state index contributed by atoms with van der Waals surface area (Å²) in [5.41, 5.74) is 0.927. The van der Waals surface area contributed by atoms with Gasteiger partial charge < -0.3 is 9.84 Å². The lowest BCUT2D eigenvalue weighted by molar-refractivity contribution is 0.0810. The van der Waals surface area contributed by atoms with Gasteiger partial charge in [0.25, 0.3) is 0 Å². The maximum absolute atomic E-state index is 10.7. The number of aliphatic hydroxyl groups excluding tert-OH is 1. The van der Waals surface area contributed by atoms with E-state index in [2.05, 4.69) is 6.07 Å². The molecule has 2 aromatic rings. The van der Waals surface area contributed by atoms with Crippen molar-refractivity contribution in [2.24, 2.45) is 0 Å². The zero-order valence-corrected chi connectivity index (χ0v) is 11.7. The van der Waals surface area contributed by atoms with Crippen molar-refractivity contribution in [1.82, 2.24) is 0 Å². The number of nitriles is 1. The number of benzene rings is 2. The Labute approximate surface area is 124 Å². The average Bonchev–Trinajstić information content (AvgIpc) is 2.55. The molecule has 1 N–H and O–H groups in total. The lowest BCUT2D eigenvalue weighted by Gasteiger charge is -2.36. The predicted molar refractivity (Wildman–Crippen MR) is 80.0 cm³/mol. The van der Waals surface area contributed by atoms with E-state index in [1.165, 1.54) is 0 Å². The first-order chi connectivity index (χ1) is 10.3. The molecule has 0 spiro atoms. The van der Waals surface area contributed by atoms with Crippen LogP contribution in [0.4, 0.5) is 0 Å². The second-order valence-electron chi connectivity index (χ2n) is 5.38. The second kappa shape index (κ2) is 5.59. The molecule has 0 aromatic heterocycles. The fourth-order valence-corrected chi connectivity index (χ4v) is 2.97. The van der Waals surface area contributed by atoms with Gasteiger partial charge in [-0.05, 0) is 11.6 Å². The fraction of sp³-hybridized carbons (Fsp3) is 0.278. The van der Waals surface area contributed by atoms with Crippen molar-refractivity contribution in [3.05, 3.63) is 65.7 Å². The minimum atomic E-state index is -0.898. The third kappa shape index (κ3) is 2.39. The molecule has 3 rings (SSSR count). The van der Waals surface area contributed by atoms with Gasteiger partial charge in [-0.2, -0.15) is 5.26 Å². The van der Waals surface area contributed by atoms with Gasteiger partial charge >= 0.3 is 0 Å². The van der Waals surface area contributed by atoms with E-state index in [-0.39, 0.29) is 0 Å². The van der Waals surface area contributed by atoms with E-state index in [0.717, 1.165) is 11.1 Å². The second-order valence-corrected chi connectivity index (χ2v) is 5.38. The largest absolute Gasteiger partial charge is 0.493 e. The number of hydrogen-bond acceptors (Lipinski definition) is 3. The molecular formula is C18H17NO2. The number of hydrogen-bond donors (Lipinski definition) is 1. The average molecular weight is 279 g/mol. The maximum atomic E-state index is 10.7. The van der Waals surface area contributed by atoms with Gasteiger partial charge in [0.05, 0.1) is 18.8 Å². The van der Waals surface area contributed by atoms with Crippen LogP contribution in [0, 0.1) is 11.3 Å². The molecule has 1 heterocycles. The van der Waals surface area contributed by atoms with Crippen LogP contribution in [0.2, 0.25) is 0 Å². The van der Waals surface area contributed by atoms with Crippen molar-refractivity contribution in [3.63, 3.8) is 0 Å². The normalized spacial score (nSPS) is 21.7. The molecule has 0 saturated heterocycles. The first kappa shape index (κ1) is 13.7. The molecule has 0 saturated carbocycles. The number of fused-ring (bicyclic) bond motifs is 1. The molecule has 2 aromatic carbocycles. The molecule has 3 heteroatoms. The number of ether oxygens (including phenoxy) is 1. The molecule has 1 aliphatic heterocycles. The van der Waals surface area contributed by atoms with E-state index in [1.807, 2.05) is 54.6 Å². The van der Waals surface area contributed by atoms with Crippen LogP contribution < -0.4 is 4.74 Å². The lowest BCUT2D eigenvalue weighted by Crippen LogP contribution is -2.43. The molecule has 106 valence electrons. The summed E-state index contributed by atoms with van der Waals surface area (Å²) < 4.78 is 5.62. The summed E-state index contributed by atoms with van der Waals surface area (Å²) in [4.78, 5) is 0. The monoisotopic (exact) mass is 279 g/mol. The van der Waals surface area contributed by atoms with Crippen molar-refractivity contribution in [1.29, 1.82) is 5.26 Å². The van der Waals surface area contributed by atoms with E-state index >= 15 is 0 Å². The third-order valence-corrected chi connectivity index (χ3v) is 4.16. The smallest absolute Gasteiger partial charge is 0.124 e. The summed E-state index contributed by atoms with van der Waals surface area (Å²) in [6.45, 7) is 0.455. The van der Waals surface area contributed by atoms with Crippen LogP contribution in [0.15, 0.2) is 54.6 Å². The molecule has 2 atom stereocenters. The Balaban J connectivity index is 1.96. The number of nitrogens with zero attached hydrogens (tertiary/aromatic N) is 1. The Hall–Kier alpha value is -2.31. The highest BCUT2D eigenvalue weighted by molar-refractivity contribution is 5.47. The Morgan fingerprint density at radius 2 is 1.86 bits per heavy atom. The lowest BCUT2D eigenvalue weighted by atomic mass is 9.71. The first-order valence-corrected chi connectivity index (χ1v) is 7.12. The van der Waals surface area contributed by atoms with Crippen molar-refractivity contribution in [2.45, 2.75) is 24.4 Å². The van der Waals surface area contributed by atoms with Crippen molar-refractivity contribution in [2.75, 3.05) is 6.61 Å². The summed E-state index contributed by atoms with van der Waals surface area (Å²) in [6, 6.07) is 19.6. The van der Waals surface area contributed by atoms with Crippen LogP contribution in [0.25, 0.3) is 0 Å². The number of para-hydroxylation sites is 1. The van der Waals surface area contributed by atoms with Gasteiger partial charge in [-0.25, -0.2) is 0 Å². The minimum Gasteiger partial charge on any atom is -0.493 e. The Morgan fingerprint density at radius 1 is 1.14 bits per heavy atom. The Morgan fingerprint density at radius 3 is 2.62 bits per heavy atom. The Bertz CT molecular complexity index is 662. The summed E-state index contributed by atoms with van der Waals surface area (Å²) in [6.07, 6.45) is 0.215. The molecule has 21 heavy (non-hydrogen) atoms. The van der Waals surface area contributed by atoms with Gasteiger partial charge in [0.15, 0.2) is 0 Å². The topological polar surface area (TPSA) is 53.2 Å². The van der Waals surface area contributed by atoms with Crippen LogP contribution >= 0.6 is 0 Å². The molecule has 2 unspecified atom stereocenters. The van der Waals surface area contributed by atoms with E-state index in [9.17, 15) is 10.4 Å². The molecule has 0 radical (unpaired) electrons. The maximum Gasteiger partial charge on any atom is 0.124 e. The van der Waals surface area contributed by atoms with Crippen LogP contribution in [0.1, 0.15) is 17.5 Å². The van der Waals surface area contributed by atoms with Crippen LogP contribution in [-0.4, -0.2) is 17.8 Å². The summed E-state index contributed by atoms with van der Waals surface area (Å²) in [5.74, 6) is 0.706. The zero-order valence-electron chi connectivity index (χ0n) is 11.7. The van der Waals surface area contributed by atoms with E-state index < -0.39 is 11.5 Å². The first-order valence-electron chi connectivity index (χ1n) is 7.12. The molecule has 0 amide bonds. The number of rotatable bonds is 3. The fourth-order valence-electron chi connectivity index (χ4n) is 2.97. The third-order valence-electron chi connectivity index (χ3n) is 4.16. The highest BCUT2D eigenvalue weighted by Crippen LogP contribution is 2.41. The van der Waals surface area contributed by atoms with Gasteiger partial charge in [-0.15, -0.1) is 0 Å². The van der Waals surface area contributed by atoms with Gasteiger partial charge in [0.1, 0.15) is 11.2 Å². The van der Waals surface area contributed by atoms with Gasteiger partial charge in [-0.3, -0.25) is 0 Å². The van der Waals surface area contributed by atoms with Crippen molar-refractivity contribution >= 4 is 0 Å². The van der Waals surface area contributed by atoms with E-state index in [0.29, 0.717) is 25.2 Å². The predicted octanol–water partition coefficient (Wildman–Crippen LogP) is 2.83. The van der Waals surface area contributed by atoms with Gasteiger partial charge in [0, 0.05) is 18.4 Å². The van der Waals surface area contributed by atoms with Crippen LogP contribution in [0.5, 0.6) is 5.75 Å². The number of aliphatic hydroxyl groups is 1. The quantitative estimate of drug-likeness (QED) is 0.940. The van der Waals surface area contributed by atoms with Crippen molar-refractivity contribution < 1.29 is 9.84 Å². The molecule has 3 nitrogen and oxygen atoms in total. The van der Waals surface area contributed by atoms with Crippen LogP contribution in [0.3, 0.4) is 0 Å². The summed E-state index contributed by atoms with van der Waals surface area (Å²) in [5, 5.41) is 20.5. The van der Waals surface area contributed by atoms with E-state index in [1.54, 1.807) is 0 Å². The molecular weight excluding hydrogens is 262 g/mol. The molecule has 0 fully saturated rings. The molecule has 0 aliphatic carbocycles. The highest BCUT2D eigenvalue weighted by Gasteiger charge is 2.44. The van der Waals surface area contributed by atoms with E-state index in [4.69, 9.17) is 4.74 Å².